The van der Waals surface area contributed by atoms with Crippen LogP contribution in [0.2, 0.25) is 0 Å². The predicted molar refractivity (Wildman–Crippen MR) is 137 cm³/mol. The Morgan fingerprint density at radius 3 is 2.31 bits per heavy atom. The van der Waals surface area contributed by atoms with Crippen molar-refractivity contribution in [1.82, 2.24) is 4.90 Å². The highest BCUT2D eigenvalue weighted by Crippen LogP contribution is 2.39. The number of amides is 2. The van der Waals surface area contributed by atoms with Crippen molar-refractivity contribution >= 4 is 27.3 Å². The van der Waals surface area contributed by atoms with Gasteiger partial charge in [-0.15, -0.1) is 0 Å². The Bertz CT molecular complexity index is 1380. The highest BCUT2D eigenvalue weighted by atomic mass is 32.2. The molecule has 0 bridgehead atoms. The Morgan fingerprint density at radius 1 is 0.972 bits per heavy atom. The predicted octanol–water partition coefficient (Wildman–Crippen LogP) is 4.11. The van der Waals surface area contributed by atoms with Crippen LogP contribution in [-0.4, -0.2) is 51.1 Å². The van der Waals surface area contributed by atoms with Gasteiger partial charge in [0.2, 0.25) is 0 Å². The highest BCUT2D eigenvalue weighted by molar-refractivity contribution is 7.90. The summed E-state index contributed by atoms with van der Waals surface area (Å²) in [6, 6.07) is 22.6. The van der Waals surface area contributed by atoms with E-state index in [4.69, 9.17) is 4.74 Å². The third-order valence-corrected chi connectivity index (χ3v) is 8.11. The van der Waals surface area contributed by atoms with Gasteiger partial charge < -0.3 is 15.0 Å². The molecule has 7 nitrogen and oxygen atoms in total. The van der Waals surface area contributed by atoms with Gasteiger partial charge in [0.05, 0.1) is 10.6 Å². The van der Waals surface area contributed by atoms with E-state index in [1.54, 1.807) is 30.3 Å². The second kappa shape index (κ2) is 9.78. The van der Waals surface area contributed by atoms with E-state index in [0.29, 0.717) is 40.9 Å². The maximum Gasteiger partial charge on any atom is 0.262 e. The molecule has 0 unspecified atom stereocenters. The van der Waals surface area contributed by atoms with Crippen LogP contribution >= 0.6 is 0 Å². The van der Waals surface area contributed by atoms with Crippen LogP contribution in [0.5, 0.6) is 5.75 Å². The molecule has 186 valence electrons. The largest absolute Gasteiger partial charge is 0.482 e. The lowest BCUT2D eigenvalue weighted by atomic mass is 9.76. The molecular weight excluding hydrogens is 476 g/mol. The van der Waals surface area contributed by atoms with Crippen molar-refractivity contribution in [2.75, 3.05) is 31.3 Å². The molecule has 0 aromatic heterocycles. The van der Waals surface area contributed by atoms with E-state index in [0.717, 1.165) is 18.4 Å². The zero-order valence-corrected chi connectivity index (χ0v) is 20.8. The maximum atomic E-state index is 13.2. The van der Waals surface area contributed by atoms with Crippen molar-refractivity contribution in [3.8, 4) is 5.75 Å². The average Bonchev–Trinajstić information content (AvgIpc) is 2.89. The fraction of sp³-hybridized carbons (Fsp3) is 0.286. The Balaban J connectivity index is 1.33. The number of likely N-dealkylation sites (tertiary alicyclic amines) is 1. The molecule has 1 N–H and O–H groups in total. The Hall–Kier alpha value is -3.65. The number of carbonyl (C=O) groups excluding carboxylic acids is 2. The van der Waals surface area contributed by atoms with Gasteiger partial charge in [0.1, 0.15) is 5.75 Å². The number of carbonyl (C=O) groups is 2. The van der Waals surface area contributed by atoms with Gasteiger partial charge in [0.15, 0.2) is 16.4 Å². The third-order valence-electron chi connectivity index (χ3n) is 6.98. The van der Waals surface area contributed by atoms with E-state index < -0.39 is 9.84 Å². The first-order valence-corrected chi connectivity index (χ1v) is 13.9. The van der Waals surface area contributed by atoms with Crippen LogP contribution in [-0.2, 0) is 14.6 Å². The minimum absolute atomic E-state index is 0.0205. The minimum atomic E-state index is -3.26. The number of nitrogens with one attached hydrogen (secondary N) is 1. The second-order valence-electron chi connectivity index (χ2n) is 9.41. The molecule has 3 aromatic carbocycles. The molecule has 1 saturated heterocycles. The second-order valence-corrected chi connectivity index (χ2v) is 11.4. The zero-order chi connectivity index (χ0) is 25.3. The molecular formula is C28H28N2O5S. The summed E-state index contributed by atoms with van der Waals surface area (Å²) in [5.74, 6) is 0.677. The lowest BCUT2D eigenvalue weighted by Crippen LogP contribution is -2.40. The van der Waals surface area contributed by atoms with Crippen LogP contribution in [0.3, 0.4) is 0 Å². The fourth-order valence-corrected chi connectivity index (χ4v) is 5.78. The lowest BCUT2D eigenvalue weighted by Gasteiger charge is -2.37. The van der Waals surface area contributed by atoms with Crippen LogP contribution in [0, 0.1) is 5.92 Å². The summed E-state index contributed by atoms with van der Waals surface area (Å²) in [4.78, 5) is 27.0. The molecule has 2 aliphatic heterocycles. The van der Waals surface area contributed by atoms with Crippen molar-refractivity contribution in [2.24, 2.45) is 5.92 Å². The van der Waals surface area contributed by atoms with Crippen molar-refractivity contribution < 1.29 is 22.7 Å². The van der Waals surface area contributed by atoms with Gasteiger partial charge in [0, 0.05) is 30.8 Å². The molecule has 2 aliphatic rings. The number of anilines is 1. The Morgan fingerprint density at radius 2 is 1.64 bits per heavy atom. The van der Waals surface area contributed by atoms with Crippen LogP contribution in [0.15, 0.2) is 77.7 Å². The van der Waals surface area contributed by atoms with Crippen LogP contribution in [0.1, 0.15) is 40.2 Å². The molecule has 5 rings (SSSR count). The fourth-order valence-electron chi connectivity index (χ4n) is 5.15. The van der Waals surface area contributed by atoms with E-state index >= 15 is 0 Å². The number of ether oxygens (including phenoxy) is 1. The molecule has 8 heteroatoms. The van der Waals surface area contributed by atoms with E-state index in [9.17, 15) is 18.0 Å². The van der Waals surface area contributed by atoms with E-state index in [1.807, 2.05) is 35.2 Å². The SMILES string of the molecule is CS(=O)(=O)c1ccc([C@@H](c2ccccc2)C2CCN(C(=O)c3ccc4c(c3)NC(=O)CO4)CC2)cc1. The Labute approximate surface area is 211 Å². The molecule has 0 saturated carbocycles. The summed E-state index contributed by atoms with van der Waals surface area (Å²) in [5, 5.41) is 2.76. The van der Waals surface area contributed by atoms with Crippen molar-refractivity contribution in [1.29, 1.82) is 0 Å². The quantitative estimate of drug-likeness (QED) is 0.565. The lowest BCUT2D eigenvalue weighted by molar-refractivity contribution is -0.118. The summed E-state index contributed by atoms with van der Waals surface area (Å²) in [6.07, 6.45) is 2.86. The summed E-state index contributed by atoms with van der Waals surface area (Å²) in [6.45, 7) is 1.22. The number of fused-ring (bicyclic) bond motifs is 1. The van der Waals surface area contributed by atoms with E-state index in [-0.39, 0.29) is 24.3 Å². The highest BCUT2D eigenvalue weighted by Gasteiger charge is 2.31. The molecule has 0 spiro atoms. The summed E-state index contributed by atoms with van der Waals surface area (Å²) < 4.78 is 29.3. The van der Waals surface area contributed by atoms with Gasteiger partial charge in [-0.25, -0.2) is 8.42 Å². The maximum absolute atomic E-state index is 13.2. The average molecular weight is 505 g/mol. The van der Waals surface area contributed by atoms with Gasteiger partial charge in [0.25, 0.3) is 11.8 Å². The monoisotopic (exact) mass is 504 g/mol. The summed E-state index contributed by atoms with van der Waals surface area (Å²) in [7, 11) is -3.26. The molecule has 1 fully saturated rings. The normalized spacial score (nSPS) is 17.0. The van der Waals surface area contributed by atoms with Crippen molar-refractivity contribution in [2.45, 2.75) is 23.7 Å². The van der Waals surface area contributed by atoms with Crippen LogP contribution < -0.4 is 10.1 Å². The molecule has 3 aromatic rings. The minimum Gasteiger partial charge on any atom is -0.482 e. The number of nitrogens with zero attached hydrogens (tertiary/aromatic N) is 1. The molecule has 0 aliphatic carbocycles. The number of sulfone groups is 1. The number of rotatable bonds is 5. The number of hydrogen-bond donors (Lipinski definition) is 1. The summed E-state index contributed by atoms with van der Waals surface area (Å²) >= 11 is 0. The van der Waals surface area contributed by atoms with Crippen LogP contribution in [0.25, 0.3) is 0 Å². The standard InChI is InChI=1S/C28H28N2O5S/c1-36(33,34)23-10-7-20(8-11-23)27(19-5-3-2-4-6-19)21-13-15-30(16-14-21)28(32)22-9-12-25-24(17-22)29-26(31)18-35-25/h2-12,17,21,27H,13-16,18H2,1H3,(H,29,31)/t27-/m1/s1. The molecule has 2 heterocycles. The number of piperidine rings is 1. The smallest absolute Gasteiger partial charge is 0.262 e. The van der Waals surface area contributed by atoms with Gasteiger partial charge in [-0.3, -0.25) is 9.59 Å². The van der Waals surface area contributed by atoms with Gasteiger partial charge in [-0.05, 0) is 60.2 Å². The van der Waals surface area contributed by atoms with Gasteiger partial charge >= 0.3 is 0 Å². The van der Waals surface area contributed by atoms with Gasteiger partial charge in [-0.2, -0.15) is 0 Å². The first-order chi connectivity index (χ1) is 17.3. The Kier molecular flexibility index (Phi) is 6.53. The number of benzene rings is 3. The number of hydrogen-bond acceptors (Lipinski definition) is 5. The van der Waals surface area contributed by atoms with Crippen molar-refractivity contribution in [3.05, 3.63) is 89.5 Å². The summed E-state index contributed by atoms with van der Waals surface area (Å²) in [5.41, 5.74) is 3.30. The van der Waals surface area contributed by atoms with E-state index in [1.165, 1.54) is 11.8 Å². The topological polar surface area (TPSA) is 92.8 Å². The zero-order valence-electron chi connectivity index (χ0n) is 20.0. The van der Waals surface area contributed by atoms with E-state index in [2.05, 4.69) is 17.4 Å². The van der Waals surface area contributed by atoms with Gasteiger partial charge in [-0.1, -0.05) is 42.5 Å². The first-order valence-electron chi connectivity index (χ1n) is 12.0. The van der Waals surface area contributed by atoms with Crippen LogP contribution in [0.4, 0.5) is 5.69 Å². The first kappa shape index (κ1) is 24.1. The molecule has 1 atom stereocenters. The molecule has 36 heavy (non-hydrogen) atoms. The third kappa shape index (κ3) is 4.99. The molecule has 2 amide bonds. The molecule has 0 radical (unpaired) electrons. The van der Waals surface area contributed by atoms with Crippen molar-refractivity contribution in [3.63, 3.8) is 0 Å².